The smallest absolute Gasteiger partial charge is 0.408 e. The first-order chi connectivity index (χ1) is 16.3. The van der Waals surface area contributed by atoms with Crippen LogP contribution in [-0.2, 0) is 23.8 Å². The highest BCUT2D eigenvalue weighted by Crippen LogP contribution is 2.63. The number of hydrogen-bond acceptors (Lipinski definition) is 7. The average Bonchev–Trinajstić information content (AvgIpc) is 3.40. The van der Waals surface area contributed by atoms with Gasteiger partial charge in [0.05, 0.1) is 19.1 Å². The van der Waals surface area contributed by atoms with Crippen molar-refractivity contribution in [2.75, 3.05) is 13.2 Å². The minimum absolute atomic E-state index is 0.0115. The van der Waals surface area contributed by atoms with Crippen molar-refractivity contribution in [1.29, 1.82) is 0 Å². The predicted molar refractivity (Wildman–Crippen MR) is 118 cm³/mol. The maximum absolute atomic E-state index is 13.6. The van der Waals surface area contributed by atoms with E-state index in [0.29, 0.717) is 6.07 Å². The highest BCUT2D eigenvalue weighted by molar-refractivity contribution is 5.95. The molecule has 2 amide bonds. The van der Waals surface area contributed by atoms with Crippen LogP contribution >= 0.6 is 0 Å². The summed E-state index contributed by atoms with van der Waals surface area (Å²) in [6.45, 7) is 8.30. The van der Waals surface area contributed by atoms with Gasteiger partial charge in [-0.3, -0.25) is 9.59 Å². The van der Waals surface area contributed by atoms with Gasteiger partial charge in [-0.25, -0.2) is 18.4 Å². The standard InChI is InChI=1S/C24H30F2N2O7/c1-6-33-20(30)17-16-15(27-19(29)12-8-13(25)10-14(26)9-12)11-24(18(16)17,21(31)34-7-2)28-22(32)35-23(3,4)5/h8-10,15-18H,6-7,11H2,1-5H3,(H,27,29)(H,28,32)/t15?,16?,17-,18?,24?/m0/s1. The van der Waals surface area contributed by atoms with Crippen LogP contribution in [0.1, 0.15) is 51.4 Å². The van der Waals surface area contributed by atoms with Crippen molar-refractivity contribution in [1.82, 2.24) is 10.6 Å². The van der Waals surface area contributed by atoms with E-state index in [4.69, 9.17) is 14.2 Å². The Morgan fingerprint density at radius 3 is 2.17 bits per heavy atom. The lowest BCUT2D eigenvalue weighted by Gasteiger charge is -2.33. The van der Waals surface area contributed by atoms with Crippen molar-refractivity contribution >= 4 is 23.9 Å². The van der Waals surface area contributed by atoms with E-state index in [1.807, 2.05) is 0 Å². The molecule has 0 bridgehead atoms. The molecule has 9 nitrogen and oxygen atoms in total. The maximum atomic E-state index is 13.6. The number of fused-ring (bicyclic) bond motifs is 1. The van der Waals surface area contributed by atoms with Gasteiger partial charge in [-0.1, -0.05) is 0 Å². The Kier molecular flexibility index (Phi) is 7.37. The number of carbonyl (C=O) groups excluding carboxylic acids is 4. The van der Waals surface area contributed by atoms with Crippen LogP contribution in [0.3, 0.4) is 0 Å². The maximum Gasteiger partial charge on any atom is 0.408 e. The van der Waals surface area contributed by atoms with Crippen LogP contribution in [0, 0.1) is 29.4 Å². The Bertz CT molecular complexity index is 1010. The van der Waals surface area contributed by atoms with Crippen LogP contribution in [0.15, 0.2) is 18.2 Å². The number of rotatable bonds is 7. The van der Waals surface area contributed by atoms with Crippen LogP contribution in [-0.4, -0.2) is 54.3 Å². The number of hydrogen-bond donors (Lipinski definition) is 2. The molecule has 2 aliphatic rings. The Morgan fingerprint density at radius 2 is 1.63 bits per heavy atom. The molecule has 1 aromatic carbocycles. The summed E-state index contributed by atoms with van der Waals surface area (Å²) in [6, 6.07) is 1.58. The second-order valence-corrected chi connectivity index (χ2v) is 9.64. The zero-order chi connectivity index (χ0) is 26.1. The molecule has 5 atom stereocenters. The lowest BCUT2D eigenvalue weighted by molar-refractivity contribution is -0.153. The molecule has 0 aromatic heterocycles. The molecule has 4 unspecified atom stereocenters. The number of halogens is 2. The summed E-state index contributed by atoms with van der Waals surface area (Å²) in [6.07, 6.45) is -1.00. The Balaban J connectivity index is 1.94. The zero-order valence-electron chi connectivity index (χ0n) is 20.3. The monoisotopic (exact) mass is 496 g/mol. The van der Waals surface area contributed by atoms with Gasteiger partial charge in [-0.15, -0.1) is 0 Å². The van der Waals surface area contributed by atoms with Gasteiger partial charge in [0.1, 0.15) is 22.8 Å². The highest BCUT2D eigenvalue weighted by atomic mass is 19.1. The summed E-state index contributed by atoms with van der Waals surface area (Å²) in [5.41, 5.74) is -2.80. The van der Waals surface area contributed by atoms with E-state index in [-0.39, 0.29) is 25.2 Å². The van der Waals surface area contributed by atoms with Gasteiger partial charge in [-0.2, -0.15) is 0 Å². The number of esters is 2. The molecule has 2 aliphatic carbocycles. The first-order valence-electron chi connectivity index (χ1n) is 11.4. The summed E-state index contributed by atoms with van der Waals surface area (Å²) in [4.78, 5) is 51.3. The minimum atomic E-state index is -1.68. The fraction of sp³-hybridized carbons (Fsp3) is 0.583. The van der Waals surface area contributed by atoms with Crippen molar-refractivity contribution in [3.63, 3.8) is 0 Å². The highest BCUT2D eigenvalue weighted by Gasteiger charge is 2.76. The van der Waals surface area contributed by atoms with Crippen molar-refractivity contribution in [2.24, 2.45) is 17.8 Å². The van der Waals surface area contributed by atoms with E-state index in [9.17, 15) is 28.0 Å². The third-order valence-electron chi connectivity index (χ3n) is 6.01. The van der Waals surface area contributed by atoms with Gasteiger partial charge >= 0.3 is 18.0 Å². The van der Waals surface area contributed by atoms with Gasteiger partial charge in [0, 0.05) is 30.0 Å². The Labute approximate surface area is 201 Å². The molecule has 11 heteroatoms. The molecular weight excluding hydrogens is 466 g/mol. The summed E-state index contributed by atoms with van der Waals surface area (Å²) < 4.78 is 43.0. The first kappa shape index (κ1) is 26.4. The molecule has 2 saturated carbocycles. The van der Waals surface area contributed by atoms with Crippen molar-refractivity contribution in [3.8, 4) is 0 Å². The van der Waals surface area contributed by atoms with Crippen molar-refractivity contribution in [2.45, 2.75) is 58.2 Å². The number of amides is 2. The minimum Gasteiger partial charge on any atom is -0.466 e. The van der Waals surface area contributed by atoms with E-state index >= 15 is 0 Å². The molecule has 35 heavy (non-hydrogen) atoms. The summed E-state index contributed by atoms with van der Waals surface area (Å²) in [7, 11) is 0. The molecule has 2 fully saturated rings. The predicted octanol–water partition coefficient (Wildman–Crippen LogP) is 2.72. The zero-order valence-corrected chi connectivity index (χ0v) is 20.3. The number of benzene rings is 1. The molecule has 192 valence electrons. The largest absolute Gasteiger partial charge is 0.466 e. The van der Waals surface area contributed by atoms with Crippen molar-refractivity contribution < 1.29 is 42.2 Å². The first-order valence-corrected chi connectivity index (χ1v) is 11.4. The summed E-state index contributed by atoms with van der Waals surface area (Å²) >= 11 is 0. The molecule has 0 spiro atoms. The number of ether oxygens (including phenoxy) is 3. The molecule has 0 radical (unpaired) electrons. The Morgan fingerprint density at radius 1 is 1.03 bits per heavy atom. The normalized spacial score (nSPS) is 26.8. The van der Waals surface area contributed by atoms with E-state index in [0.717, 1.165) is 12.1 Å². The van der Waals surface area contributed by atoms with Crippen LogP contribution in [0.5, 0.6) is 0 Å². The van der Waals surface area contributed by atoms with Crippen molar-refractivity contribution in [3.05, 3.63) is 35.4 Å². The molecule has 3 rings (SSSR count). The second kappa shape index (κ2) is 9.79. The van der Waals surface area contributed by atoms with Gasteiger partial charge in [-0.05, 0) is 52.7 Å². The van der Waals surface area contributed by atoms with Crippen LogP contribution in [0.4, 0.5) is 13.6 Å². The van der Waals surface area contributed by atoms with E-state index < -0.39 is 70.5 Å². The third kappa shape index (κ3) is 5.54. The fourth-order valence-corrected chi connectivity index (χ4v) is 4.87. The van der Waals surface area contributed by atoms with Gasteiger partial charge in [0.15, 0.2) is 0 Å². The Hall–Kier alpha value is -3.24. The third-order valence-corrected chi connectivity index (χ3v) is 6.01. The van der Waals surface area contributed by atoms with Gasteiger partial charge < -0.3 is 24.8 Å². The molecule has 1 aromatic rings. The van der Waals surface area contributed by atoms with E-state index in [2.05, 4.69) is 10.6 Å². The average molecular weight is 497 g/mol. The lowest BCUT2D eigenvalue weighted by Crippen LogP contribution is -2.59. The summed E-state index contributed by atoms with van der Waals surface area (Å²) in [5, 5.41) is 5.26. The van der Waals surface area contributed by atoms with E-state index in [1.54, 1.807) is 34.6 Å². The van der Waals surface area contributed by atoms with E-state index in [1.165, 1.54) is 0 Å². The number of carbonyl (C=O) groups is 4. The topological polar surface area (TPSA) is 120 Å². The van der Waals surface area contributed by atoms with Crippen LogP contribution in [0.25, 0.3) is 0 Å². The fourth-order valence-electron chi connectivity index (χ4n) is 4.87. The van der Waals surface area contributed by atoms with Crippen LogP contribution < -0.4 is 10.6 Å². The van der Waals surface area contributed by atoms with Gasteiger partial charge in [0.25, 0.3) is 5.91 Å². The SMILES string of the molecule is CCOC(=O)[C@H]1C2C(NC(=O)c3cc(F)cc(F)c3)CC(NC(=O)OC(C)(C)C)(C(=O)OCC)C21. The molecule has 0 heterocycles. The molecule has 2 N–H and O–H groups in total. The van der Waals surface area contributed by atoms with Crippen LogP contribution in [0.2, 0.25) is 0 Å². The molecule has 0 saturated heterocycles. The molecular formula is C24H30F2N2O7. The number of nitrogens with one attached hydrogen (secondary N) is 2. The summed E-state index contributed by atoms with van der Waals surface area (Å²) in [5.74, 6) is -6.13. The quantitative estimate of drug-likeness (QED) is 0.440. The number of alkyl carbamates (subject to hydrolysis) is 1. The lowest BCUT2D eigenvalue weighted by atomic mass is 9.88. The second-order valence-electron chi connectivity index (χ2n) is 9.64. The van der Waals surface area contributed by atoms with Gasteiger partial charge in [0.2, 0.25) is 0 Å². The molecule has 0 aliphatic heterocycles.